The standard InChI is InChI=1S/C8H9N3O6/c1-17-6(12)2-3-10-4-5(11(15)16)7(13)9-8(10)14/h4H,2-3H2,1H3,(H,9,13,14). The van der Waals surface area contributed by atoms with Crippen molar-refractivity contribution in [3.05, 3.63) is 37.1 Å². The highest BCUT2D eigenvalue weighted by atomic mass is 16.6. The summed E-state index contributed by atoms with van der Waals surface area (Å²) in [4.78, 5) is 44.4. The average molecular weight is 243 g/mol. The van der Waals surface area contributed by atoms with Crippen molar-refractivity contribution < 1.29 is 14.5 Å². The number of aromatic nitrogens is 2. The van der Waals surface area contributed by atoms with Crippen LogP contribution in [0.2, 0.25) is 0 Å². The van der Waals surface area contributed by atoms with Gasteiger partial charge in [-0.25, -0.2) is 4.79 Å². The summed E-state index contributed by atoms with van der Waals surface area (Å²) in [7, 11) is 1.18. The molecule has 0 spiro atoms. The highest BCUT2D eigenvalue weighted by molar-refractivity contribution is 5.68. The van der Waals surface area contributed by atoms with Crippen LogP contribution in [0.1, 0.15) is 6.42 Å². The third kappa shape index (κ3) is 3.00. The average Bonchev–Trinajstić information content (AvgIpc) is 2.26. The zero-order chi connectivity index (χ0) is 13.0. The number of rotatable bonds is 4. The number of methoxy groups -OCH3 is 1. The maximum atomic E-state index is 11.2. The molecule has 0 bridgehead atoms. The largest absolute Gasteiger partial charge is 0.469 e. The second-order valence-electron chi connectivity index (χ2n) is 3.05. The van der Waals surface area contributed by atoms with E-state index < -0.39 is 27.8 Å². The lowest BCUT2D eigenvalue weighted by molar-refractivity contribution is -0.386. The lowest BCUT2D eigenvalue weighted by Crippen LogP contribution is -2.31. The number of carbonyl (C=O) groups is 1. The van der Waals surface area contributed by atoms with Gasteiger partial charge in [-0.2, -0.15) is 0 Å². The Kier molecular flexibility index (Phi) is 3.75. The Balaban J connectivity index is 3.04. The minimum Gasteiger partial charge on any atom is -0.469 e. The molecule has 0 saturated heterocycles. The number of nitrogens with one attached hydrogen (secondary N) is 1. The normalized spacial score (nSPS) is 9.94. The number of esters is 1. The third-order valence-corrected chi connectivity index (χ3v) is 1.97. The van der Waals surface area contributed by atoms with Gasteiger partial charge in [-0.3, -0.25) is 29.3 Å². The van der Waals surface area contributed by atoms with Crippen LogP contribution in [-0.2, 0) is 16.1 Å². The van der Waals surface area contributed by atoms with E-state index in [0.29, 0.717) is 0 Å². The lowest BCUT2D eigenvalue weighted by Gasteiger charge is -2.03. The van der Waals surface area contributed by atoms with Crippen LogP contribution < -0.4 is 11.2 Å². The molecule has 0 aromatic carbocycles. The van der Waals surface area contributed by atoms with E-state index in [1.54, 1.807) is 4.98 Å². The summed E-state index contributed by atoms with van der Waals surface area (Å²) in [5, 5.41) is 10.5. The van der Waals surface area contributed by atoms with Gasteiger partial charge in [-0.05, 0) is 0 Å². The molecule has 9 heteroatoms. The van der Waals surface area contributed by atoms with Crippen molar-refractivity contribution in [2.24, 2.45) is 0 Å². The summed E-state index contributed by atoms with van der Waals surface area (Å²) in [6.45, 7) is -0.108. The molecule has 1 heterocycles. The Morgan fingerprint density at radius 3 is 2.76 bits per heavy atom. The van der Waals surface area contributed by atoms with Crippen molar-refractivity contribution >= 4 is 11.7 Å². The summed E-state index contributed by atoms with van der Waals surface area (Å²) in [5.74, 6) is -0.564. The molecule has 1 rings (SSSR count). The van der Waals surface area contributed by atoms with Crippen molar-refractivity contribution in [2.75, 3.05) is 7.11 Å². The monoisotopic (exact) mass is 243 g/mol. The molecule has 0 aliphatic heterocycles. The Labute approximate surface area is 93.8 Å². The molecule has 1 N–H and O–H groups in total. The van der Waals surface area contributed by atoms with Crippen LogP contribution >= 0.6 is 0 Å². The van der Waals surface area contributed by atoms with E-state index in [9.17, 15) is 24.5 Å². The zero-order valence-electron chi connectivity index (χ0n) is 8.84. The van der Waals surface area contributed by atoms with E-state index in [-0.39, 0.29) is 13.0 Å². The molecular formula is C8H9N3O6. The van der Waals surface area contributed by atoms with Crippen molar-refractivity contribution in [3.8, 4) is 0 Å². The summed E-state index contributed by atoms with van der Waals surface area (Å²) in [6, 6.07) is 0. The third-order valence-electron chi connectivity index (χ3n) is 1.97. The van der Waals surface area contributed by atoms with Crippen LogP contribution in [0.15, 0.2) is 15.8 Å². The van der Waals surface area contributed by atoms with E-state index in [1.165, 1.54) is 7.11 Å². The van der Waals surface area contributed by atoms with Gasteiger partial charge in [-0.1, -0.05) is 0 Å². The van der Waals surface area contributed by atoms with Gasteiger partial charge in [0.25, 0.3) is 0 Å². The van der Waals surface area contributed by atoms with E-state index in [4.69, 9.17) is 0 Å². The topological polar surface area (TPSA) is 124 Å². The van der Waals surface area contributed by atoms with E-state index in [2.05, 4.69) is 4.74 Å². The van der Waals surface area contributed by atoms with Crippen LogP contribution in [0.25, 0.3) is 0 Å². The molecule has 0 fully saturated rings. The first-order valence-electron chi connectivity index (χ1n) is 4.50. The van der Waals surface area contributed by atoms with Crippen LogP contribution in [0.4, 0.5) is 5.69 Å². The molecular weight excluding hydrogens is 234 g/mol. The van der Waals surface area contributed by atoms with Crippen LogP contribution in [0, 0.1) is 10.1 Å². The highest BCUT2D eigenvalue weighted by Crippen LogP contribution is 1.99. The van der Waals surface area contributed by atoms with Gasteiger partial charge in [0.2, 0.25) is 0 Å². The lowest BCUT2D eigenvalue weighted by atomic mass is 10.4. The summed E-state index contributed by atoms with van der Waals surface area (Å²) in [5.41, 5.74) is -2.65. The van der Waals surface area contributed by atoms with E-state index in [0.717, 1.165) is 10.8 Å². The molecule has 0 atom stereocenters. The first kappa shape index (κ1) is 12.6. The molecule has 0 saturated carbocycles. The number of nitro groups is 1. The molecule has 0 aliphatic carbocycles. The number of aryl methyl sites for hydroxylation is 1. The molecule has 0 amide bonds. The minimum absolute atomic E-state index is 0.108. The molecule has 92 valence electrons. The van der Waals surface area contributed by atoms with Crippen LogP contribution in [-0.4, -0.2) is 27.6 Å². The van der Waals surface area contributed by atoms with Crippen LogP contribution in [0.5, 0.6) is 0 Å². The van der Waals surface area contributed by atoms with Crippen molar-refractivity contribution in [1.29, 1.82) is 0 Å². The predicted octanol–water partition coefficient (Wildman–Crippen LogP) is -0.992. The molecule has 0 unspecified atom stereocenters. The number of H-pyrrole nitrogens is 1. The molecule has 9 nitrogen and oxygen atoms in total. The zero-order valence-corrected chi connectivity index (χ0v) is 8.84. The molecule has 0 radical (unpaired) electrons. The van der Waals surface area contributed by atoms with Crippen LogP contribution in [0.3, 0.4) is 0 Å². The fourth-order valence-electron chi connectivity index (χ4n) is 1.11. The number of hydrogen-bond acceptors (Lipinski definition) is 6. The predicted molar refractivity (Wildman–Crippen MR) is 54.6 cm³/mol. The Morgan fingerprint density at radius 1 is 1.59 bits per heavy atom. The van der Waals surface area contributed by atoms with Gasteiger partial charge < -0.3 is 4.74 Å². The van der Waals surface area contributed by atoms with E-state index in [1.807, 2.05) is 0 Å². The van der Waals surface area contributed by atoms with Gasteiger partial charge in [0.1, 0.15) is 0 Å². The Morgan fingerprint density at radius 2 is 2.24 bits per heavy atom. The number of ether oxygens (including phenoxy) is 1. The highest BCUT2D eigenvalue weighted by Gasteiger charge is 2.15. The second-order valence-corrected chi connectivity index (χ2v) is 3.05. The summed E-state index contributed by atoms with van der Waals surface area (Å²) < 4.78 is 5.22. The van der Waals surface area contributed by atoms with Gasteiger partial charge >= 0.3 is 22.9 Å². The quantitative estimate of drug-likeness (QED) is 0.411. The maximum Gasteiger partial charge on any atom is 0.350 e. The summed E-state index contributed by atoms with van der Waals surface area (Å²) >= 11 is 0. The number of hydrogen-bond donors (Lipinski definition) is 1. The number of aromatic amines is 1. The fourth-order valence-corrected chi connectivity index (χ4v) is 1.11. The Hall–Kier alpha value is -2.45. The first-order chi connectivity index (χ1) is 7.95. The Bertz CT molecular complexity index is 557. The van der Waals surface area contributed by atoms with Gasteiger partial charge in [-0.15, -0.1) is 0 Å². The van der Waals surface area contributed by atoms with Crippen molar-refractivity contribution in [1.82, 2.24) is 9.55 Å². The second kappa shape index (κ2) is 5.05. The summed E-state index contributed by atoms with van der Waals surface area (Å²) in [6.07, 6.45) is 0.670. The fraction of sp³-hybridized carbons (Fsp3) is 0.375. The smallest absolute Gasteiger partial charge is 0.350 e. The van der Waals surface area contributed by atoms with Gasteiger partial charge in [0.05, 0.1) is 24.7 Å². The number of nitrogens with zero attached hydrogens (tertiary/aromatic N) is 2. The SMILES string of the molecule is COC(=O)CCn1cc([N+](=O)[O-])c(=O)[nH]c1=O. The minimum atomic E-state index is -1.07. The van der Waals surface area contributed by atoms with E-state index >= 15 is 0 Å². The molecule has 0 aliphatic rings. The van der Waals surface area contributed by atoms with Crippen molar-refractivity contribution in [3.63, 3.8) is 0 Å². The van der Waals surface area contributed by atoms with Crippen molar-refractivity contribution in [2.45, 2.75) is 13.0 Å². The molecule has 1 aromatic rings. The molecule has 1 aromatic heterocycles. The van der Waals surface area contributed by atoms with Gasteiger partial charge in [0.15, 0.2) is 0 Å². The number of carbonyl (C=O) groups excluding carboxylic acids is 1. The maximum absolute atomic E-state index is 11.2. The van der Waals surface area contributed by atoms with Gasteiger partial charge in [0, 0.05) is 6.54 Å². The first-order valence-corrected chi connectivity index (χ1v) is 4.50. The molecule has 17 heavy (non-hydrogen) atoms.